The minimum Gasteiger partial charge on any atom is -0.506 e. The van der Waals surface area contributed by atoms with Crippen LogP contribution < -0.4 is 10.6 Å². The molecule has 11 heteroatoms. The second-order valence-corrected chi connectivity index (χ2v) is 11.3. The fourth-order valence-corrected chi connectivity index (χ4v) is 5.77. The lowest BCUT2D eigenvalue weighted by Gasteiger charge is -2.48. The summed E-state index contributed by atoms with van der Waals surface area (Å²) in [7, 11) is 3.53. The Bertz CT molecular complexity index is 1260. The van der Waals surface area contributed by atoms with Gasteiger partial charge in [-0.25, -0.2) is 0 Å². The number of nitrogens with two attached hydrogens (primary N) is 1. The van der Waals surface area contributed by atoms with Crippen LogP contribution in [0.3, 0.4) is 0 Å². The number of phenols is 1. The van der Waals surface area contributed by atoms with E-state index in [4.69, 9.17) is 10.6 Å². The number of aliphatic hydroxyl groups is 1. The molecule has 0 saturated heterocycles. The zero-order chi connectivity index (χ0) is 27.6. The molecule has 11 nitrogen and oxygen atoms in total. The lowest BCUT2D eigenvalue weighted by atomic mass is 9.53. The molecule has 1 amide bonds. The Morgan fingerprint density at radius 1 is 1.19 bits per heavy atom. The second-order valence-electron chi connectivity index (χ2n) is 11.3. The van der Waals surface area contributed by atoms with E-state index in [1.165, 1.54) is 6.21 Å². The molecule has 4 rings (SSSR count). The molecule has 198 valence electrons. The number of oxime groups is 1. The van der Waals surface area contributed by atoms with Crippen molar-refractivity contribution < 1.29 is 39.0 Å². The molecule has 5 atom stereocenters. The fraction of sp³-hybridized carbons (Fsp3) is 0.538. The minimum absolute atomic E-state index is 0.0390. The number of hydrogen-bond donors (Lipinski definition) is 3. The van der Waals surface area contributed by atoms with Crippen molar-refractivity contribution in [3.63, 3.8) is 0 Å². The molecule has 0 heterocycles. The van der Waals surface area contributed by atoms with E-state index in [0.29, 0.717) is 11.3 Å². The molecule has 0 radical (unpaired) electrons. The van der Waals surface area contributed by atoms with Crippen LogP contribution in [0.4, 0.5) is 5.69 Å². The number of carbonyl (C=O) groups is 5. The van der Waals surface area contributed by atoms with Crippen LogP contribution in [0, 0.1) is 23.7 Å². The van der Waals surface area contributed by atoms with Gasteiger partial charge in [0, 0.05) is 37.7 Å². The first-order valence-corrected chi connectivity index (χ1v) is 12.0. The van der Waals surface area contributed by atoms with Gasteiger partial charge in [-0.15, -0.1) is 0 Å². The van der Waals surface area contributed by atoms with E-state index in [0.717, 1.165) is 0 Å². The minimum atomic E-state index is -2.68. The lowest BCUT2D eigenvalue weighted by molar-refractivity contribution is -0.175. The molecule has 0 aliphatic heterocycles. The summed E-state index contributed by atoms with van der Waals surface area (Å²) in [6.45, 7) is 5.38. The van der Waals surface area contributed by atoms with Crippen LogP contribution in [-0.4, -0.2) is 70.8 Å². The predicted octanol–water partition coefficient (Wildman–Crippen LogP) is 0.542. The number of hydrogen-bond acceptors (Lipinski definition) is 10. The molecular formula is C26H31N3O8. The van der Waals surface area contributed by atoms with E-state index in [9.17, 15) is 34.2 Å². The summed E-state index contributed by atoms with van der Waals surface area (Å²) >= 11 is 0. The van der Waals surface area contributed by atoms with Crippen molar-refractivity contribution in [2.24, 2.45) is 34.6 Å². The number of aromatic hydroxyl groups is 1. The third-order valence-electron chi connectivity index (χ3n) is 7.41. The highest BCUT2D eigenvalue weighted by atomic mass is 16.6. The molecule has 3 aliphatic carbocycles. The van der Waals surface area contributed by atoms with E-state index in [1.54, 1.807) is 45.8 Å². The maximum absolute atomic E-state index is 13.8. The SMILES string of the molecule is CN(C)c1cc(C=NOC(C)(C)C)c(O)c2c1C[C@H]1C[C@H]3CC(=O)C(C(N)=O)C(=O)[C@@]3(O)C(=O)C1C2=O. The van der Waals surface area contributed by atoms with Gasteiger partial charge < -0.3 is 25.7 Å². The molecule has 37 heavy (non-hydrogen) atoms. The summed E-state index contributed by atoms with van der Waals surface area (Å²) in [5.74, 6) is -10.5. The van der Waals surface area contributed by atoms with Crippen LogP contribution in [-0.2, 0) is 30.4 Å². The number of anilines is 1. The number of phenolic OH excluding ortho intramolecular Hbond substituents is 1. The van der Waals surface area contributed by atoms with Gasteiger partial charge in [0.15, 0.2) is 34.7 Å². The van der Waals surface area contributed by atoms with Crippen LogP contribution in [0.25, 0.3) is 0 Å². The summed E-state index contributed by atoms with van der Waals surface area (Å²) in [6, 6.07) is 1.66. The van der Waals surface area contributed by atoms with E-state index < -0.39 is 69.7 Å². The summed E-state index contributed by atoms with van der Waals surface area (Å²) in [4.78, 5) is 71.8. The van der Waals surface area contributed by atoms with Gasteiger partial charge in [0.05, 0.1) is 17.7 Å². The zero-order valence-electron chi connectivity index (χ0n) is 21.4. The molecule has 2 unspecified atom stereocenters. The maximum atomic E-state index is 13.8. The number of primary amides is 1. The Morgan fingerprint density at radius 3 is 2.41 bits per heavy atom. The number of nitrogens with zero attached hydrogens (tertiary/aromatic N) is 2. The lowest BCUT2D eigenvalue weighted by Crippen LogP contribution is -2.68. The van der Waals surface area contributed by atoms with Gasteiger partial charge in [-0.2, -0.15) is 0 Å². The molecular weight excluding hydrogens is 482 g/mol. The quantitative estimate of drug-likeness (QED) is 0.295. The number of benzene rings is 1. The summed E-state index contributed by atoms with van der Waals surface area (Å²) in [5.41, 5.74) is 3.18. The topological polar surface area (TPSA) is 177 Å². The highest BCUT2D eigenvalue weighted by molar-refractivity contribution is 6.31. The standard InChI is InChI=1S/C26H31N3O8/c1-25(2,3)37-28-10-12-8-15(29(4)5)14-7-11-6-13-9-16(30)19(24(27)35)23(34)26(13,36)22(33)17(11)21(32)18(14)20(12)31/h8,10-11,13,17,19,31,36H,6-7,9H2,1-5H3,(H2,27,35)/t11-,13+,17?,19?,26+/m1/s1. The van der Waals surface area contributed by atoms with E-state index in [-0.39, 0.29) is 30.4 Å². The van der Waals surface area contributed by atoms with Gasteiger partial charge in [0.1, 0.15) is 11.4 Å². The van der Waals surface area contributed by atoms with Gasteiger partial charge in [-0.1, -0.05) is 5.16 Å². The molecule has 0 aromatic heterocycles. The van der Waals surface area contributed by atoms with Gasteiger partial charge in [-0.05, 0) is 51.2 Å². The van der Waals surface area contributed by atoms with E-state index in [1.807, 2.05) is 0 Å². The highest BCUT2D eigenvalue weighted by Crippen LogP contribution is 2.51. The van der Waals surface area contributed by atoms with Crippen LogP contribution in [0.1, 0.15) is 55.1 Å². The average Bonchev–Trinajstić information content (AvgIpc) is 2.76. The van der Waals surface area contributed by atoms with Crippen molar-refractivity contribution in [1.82, 2.24) is 0 Å². The van der Waals surface area contributed by atoms with Crippen LogP contribution in [0.2, 0.25) is 0 Å². The Hall–Kier alpha value is -3.60. The van der Waals surface area contributed by atoms with Gasteiger partial charge in [0.2, 0.25) is 5.91 Å². The summed E-state index contributed by atoms with van der Waals surface area (Å²) in [6.07, 6.45) is 1.13. The van der Waals surface area contributed by atoms with Crippen molar-refractivity contribution in [2.75, 3.05) is 19.0 Å². The molecule has 0 spiro atoms. The van der Waals surface area contributed by atoms with Crippen molar-refractivity contribution >= 4 is 40.9 Å². The number of rotatable bonds is 4. The third-order valence-corrected chi connectivity index (χ3v) is 7.41. The van der Waals surface area contributed by atoms with Crippen LogP contribution in [0.5, 0.6) is 5.75 Å². The monoisotopic (exact) mass is 513 g/mol. The molecule has 2 saturated carbocycles. The predicted molar refractivity (Wildman–Crippen MR) is 131 cm³/mol. The molecule has 2 fully saturated rings. The number of Topliss-reactive ketones (excluding diaryl/α,β-unsaturated/α-hetero) is 4. The van der Waals surface area contributed by atoms with Crippen LogP contribution >= 0.6 is 0 Å². The molecule has 1 aromatic carbocycles. The van der Waals surface area contributed by atoms with Crippen molar-refractivity contribution in [2.45, 2.75) is 51.2 Å². The van der Waals surface area contributed by atoms with E-state index in [2.05, 4.69) is 5.16 Å². The van der Waals surface area contributed by atoms with Gasteiger partial charge >= 0.3 is 0 Å². The van der Waals surface area contributed by atoms with Crippen molar-refractivity contribution in [3.8, 4) is 5.75 Å². The smallest absolute Gasteiger partial charge is 0.235 e. The first kappa shape index (κ1) is 26.5. The zero-order valence-corrected chi connectivity index (χ0v) is 21.4. The van der Waals surface area contributed by atoms with Crippen molar-refractivity contribution in [1.29, 1.82) is 0 Å². The van der Waals surface area contributed by atoms with Gasteiger partial charge in [0.25, 0.3) is 0 Å². The largest absolute Gasteiger partial charge is 0.506 e. The Balaban J connectivity index is 1.81. The first-order valence-electron chi connectivity index (χ1n) is 12.0. The number of fused-ring (bicyclic) bond motifs is 3. The Kier molecular flexibility index (Phi) is 6.26. The van der Waals surface area contributed by atoms with Gasteiger partial charge in [-0.3, -0.25) is 24.0 Å². The first-order chi connectivity index (χ1) is 17.1. The molecule has 1 aromatic rings. The highest BCUT2D eigenvalue weighted by Gasteiger charge is 2.66. The Morgan fingerprint density at radius 2 is 1.84 bits per heavy atom. The maximum Gasteiger partial charge on any atom is 0.235 e. The van der Waals surface area contributed by atoms with Crippen LogP contribution in [0.15, 0.2) is 11.2 Å². The average molecular weight is 514 g/mol. The Labute approximate surface area is 213 Å². The normalized spacial score (nSPS) is 29.6. The molecule has 3 aliphatic rings. The summed E-state index contributed by atoms with van der Waals surface area (Å²) in [5, 5.41) is 26.3. The molecule has 0 bridgehead atoms. The number of carbonyl (C=O) groups excluding carboxylic acids is 5. The third kappa shape index (κ3) is 4.11. The summed E-state index contributed by atoms with van der Waals surface area (Å²) < 4.78 is 0. The van der Waals surface area contributed by atoms with Crippen molar-refractivity contribution in [3.05, 3.63) is 22.8 Å². The second kappa shape index (κ2) is 8.76. The molecule has 4 N–H and O–H groups in total. The number of amides is 1. The fourth-order valence-electron chi connectivity index (χ4n) is 5.77. The van der Waals surface area contributed by atoms with E-state index >= 15 is 0 Å². The number of ketones is 4.